The number of nitrogens with one attached hydrogen (secondary N) is 1. The molecule has 1 atom stereocenters. The molecule has 0 spiro atoms. The van der Waals surface area contributed by atoms with Gasteiger partial charge < -0.3 is 10.4 Å². The molecule has 1 aromatic rings. The van der Waals surface area contributed by atoms with E-state index in [9.17, 15) is 5.11 Å². The van der Waals surface area contributed by atoms with Crippen molar-refractivity contribution in [2.45, 2.75) is 6.10 Å². The van der Waals surface area contributed by atoms with Crippen molar-refractivity contribution in [1.29, 1.82) is 0 Å². The molecule has 0 saturated carbocycles. The number of rotatable bonds is 2. The minimum absolute atomic E-state index is 0.292. The first kappa shape index (κ1) is 10.5. The van der Waals surface area contributed by atoms with Gasteiger partial charge in [0.25, 0.3) is 0 Å². The van der Waals surface area contributed by atoms with Crippen molar-refractivity contribution in [2.24, 2.45) is 5.92 Å². The van der Waals surface area contributed by atoms with E-state index in [1.165, 1.54) is 0 Å². The Morgan fingerprint density at radius 2 is 2.21 bits per heavy atom. The summed E-state index contributed by atoms with van der Waals surface area (Å²) in [7, 11) is 0. The fourth-order valence-corrected chi connectivity index (χ4v) is 2.62. The maximum absolute atomic E-state index is 9.96. The Hall–Kier alpha value is 0.0300. The first-order chi connectivity index (χ1) is 6.68. The Morgan fingerprint density at radius 3 is 2.71 bits per heavy atom. The molecule has 2 heterocycles. The van der Waals surface area contributed by atoms with Crippen LogP contribution in [-0.4, -0.2) is 23.2 Å². The Morgan fingerprint density at radius 1 is 1.50 bits per heavy atom. The van der Waals surface area contributed by atoms with E-state index in [-0.39, 0.29) is 0 Å². The largest absolute Gasteiger partial charge is 0.386 e. The number of hydrogen-bond acceptors (Lipinski definition) is 3. The van der Waals surface area contributed by atoms with Gasteiger partial charge >= 0.3 is 0 Å². The Bertz CT molecular complexity index is 342. The van der Waals surface area contributed by atoms with Gasteiger partial charge in [0.1, 0.15) is 6.10 Å². The first-order valence-electron chi connectivity index (χ1n) is 4.38. The molecular formula is C9H10Br2N2O. The summed E-state index contributed by atoms with van der Waals surface area (Å²) in [6.07, 6.45) is 1.23. The van der Waals surface area contributed by atoms with Crippen LogP contribution in [0.5, 0.6) is 0 Å². The van der Waals surface area contributed by atoms with Crippen LogP contribution < -0.4 is 5.32 Å². The zero-order valence-corrected chi connectivity index (χ0v) is 10.5. The summed E-state index contributed by atoms with van der Waals surface area (Å²) in [5.41, 5.74) is 0.722. The van der Waals surface area contributed by atoms with E-state index >= 15 is 0 Å². The second-order valence-electron chi connectivity index (χ2n) is 3.38. The molecule has 0 aliphatic carbocycles. The summed E-state index contributed by atoms with van der Waals surface area (Å²) in [5.74, 6) is 0.292. The van der Waals surface area contributed by atoms with Gasteiger partial charge in [0, 0.05) is 34.1 Å². The van der Waals surface area contributed by atoms with Crippen molar-refractivity contribution in [3.05, 3.63) is 26.9 Å². The van der Waals surface area contributed by atoms with Crippen molar-refractivity contribution in [3.63, 3.8) is 0 Å². The molecule has 2 N–H and O–H groups in total. The highest BCUT2D eigenvalue weighted by molar-refractivity contribution is 9.11. The summed E-state index contributed by atoms with van der Waals surface area (Å²) in [6, 6.07) is 1.90. The minimum Gasteiger partial charge on any atom is -0.386 e. The lowest BCUT2D eigenvalue weighted by Gasteiger charge is -2.31. The highest BCUT2D eigenvalue weighted by Gasteiger charge is 2.28. The van der Waals surface area contributed by atoms with Crippen LogP contribution in [0, 0.1) is 5.92 Å². The van der Waals surface area contributed by atoms with Crippen LogP contribution >= 0.6 is 31.9 Å². The number of halogens is 2. The SMILES string of the molecule is OC(c1ncc(Br)cc1Br)C1CNC1. The fraction of sp³-hybridized carbons (Fsp3) is 0.444. The summed E-state index contributed by atoms with van der Waals surface area (Å²) >= 11 is 6.72. The maximum Gasteiger partial charge on any atom is 0.102 e. The van der Waals surface area contributed by atoms with Gasteiger partial charge in [-0.05, 0) is 37.9 Å². The van der Waals surface area contributed by atoms with Gasteiger partial charge in [0.05, 0.1) is 5.69 Å². The van der Waals surface area contributed by atoms with E-state index in [1.807, 2.05) is 6.07 Å². The molecule has 0 amide bonds. The van der Waals surface area contributed by atoms with Crippen LogP contribution in [0.1, 0.15) is 11.8 Å². The maximum atomic E-state index is 9.96. The Balaban J connectivity index is 2.22. The number of hydrogen-bond donors (Lipinski definition) is 2. The van der Waals surface area contributed by atoms with E-state index < -0.39 is 6.10 Å². The molecule has 1 fully saturated rings. The molecule has 1 saturated heterocycles. The molecule has 2 rings (SSSR count). The number of aromatic nitrogens is 1. The third-order valence-corrected chi connectivity index (χ3v) is 3.44. The second kappa shape index (κ2) is 4.26. The molecule has 14 heavy (non-hydrogen) atoms. The van der Waals surface area contributed by atoms with Crippen molar-refractivity contribution in [3.8, 4) is 0 Å². The molecule has 1 unspecified atom stereocenters. The fourth-order valence-electron chi connectivity index (χ4n) is 1.40. The lowest BCUT2D eigenvalue weighted by Crippen LogP contribution is -2.45. The van der Waals surface area contributed by atoms with Gasteiger partial charge in [0.2, 0.25) is 0 Å². The lowest BCUT2D eigenvalue weighted by molar-refractivity contribution is 0.0725. The van der Waals surface area contributed by atoms with Gasteiger partial charge in [-0.25, -0.2) is 0 Å². The lowest BCUT2D eigenvalue weighted by atomic mass is 9.94. The third-order valence-electron chi connectivity index (χ3n) is 2.38. The summed E-state index contributed by atoms with van der Waals surface area (Å²) in [6.45, 7) is 1.73. The molecule has 5 heteroatoms. The van der Waals surface area contributed by atoms with Gasteiger partial charge in [-0.2, -0.15) is 0 Å². The van der Waals surface area contributed by atoms with Gasteiger partial charge in [-0.15, -0.1) is 0 Å². The molecule has 1 aromatic heterocycles. The van der Waals surface area contributed by atoms with Crippen molar-refractivity contribution < 1.29 is 5.11 Å². The molecule has 0 aromatic carbocycles. The quantitative estimate of drug-likeness (QED) is 0.874. The molecule has 1 aliphatic rings. The van der Waals surface area contributed by atoms with Crippen LogP contribution in [0.4, 0.5) is 0 Å². The normalized spacial score (nSPS) is 19.1. The van der Waals surface area contributed by atoms with Crippen LogP contribution in [0.3, 0.4) is 0 Å². The number of pyridine rings is 1. The van der Waals surface area contributed by atoms with Crippen LogP contribution in [0.25, 0.3) is 0 Å². The van der Waals surface area contributed by atoms with Crippen LogP contribution in [0.15, 0.2) is 21.2 Å². The van der Waals surface area contributed by atoms with Crippen LogP contribution in [-0.2, 0) is 0 Å². The molecule has 0 bridgehead atoms. The van der Waals surface area contributed by atoms with Crippen molar-refractivity contribution in [1.82, 2.24) is 10.3 Å². The van der Waals surface area contributed by atoms with E-state index in [0.717, 1.165) is 27.7 Å². The molecule has 3 nitrogen and oxygen atoms in total. The zero-order valence-electron chi connectivity index (χ0n) is 7.37. The summed E-state index contributed by atoms with van der Waals surface area (Å²) in [4.78, 5) is 4.21. The highest BCUT2D eigenvalue weighted by atomic mass is 79.9. The van der Waals surface area contributed by atoms with E-state index in [0.29, 0.717) is 5.92 Å². The standard InChI is InChI=1S/C9H10Br2N2O/c10-6-1-7(11)8(13-4-6)9(14)5-2-12-3-5/h1,4-5,9,12,14H,2-3H2. The zero-order chi connectivity index (χ0) is 10.1. The topological polar surface area (TPSA) is 45.2 Å². The second-order valence-corrected chi connectivity index (χ2v) is 5.15. The first-order valence-corrected chi connectivity index (χ1v) is 5.97. The van der Waals surface area contributed by atoms with Gasteiger partial charge in [-0.3, -0.25) is 4.98 Å². The monoisotopic (exact) mass is 320 g/mol. The number of aliphatic hydroxyl groups excluding tert-OH is 1. The molecule has 1 aliphatic heterocycles. The Labute approximate surface area is 99.2 Å². The molecule has 76 valence electrons. The van der Waals surface area contributed by atoms with Gasteiger partial charge in [0.15, 0.2) is 0 Å². The van der Waals surface area contributed by atoms with Crippen molar-refractivity contribution >= 4 is 31.9 Å². The predicted molar refractivity (Wildman–Crippen MR) is 61.0 cm³/mol. The third kappa shape index (κ3) is 2.00. The Kier molecular flexibility index (Phi) is 3.21. The smallest absolute Gasteiger partial charge is 0.102 e. The number of nitrogens with zero attached hydrogens (tertiary/aromatic N) is 1. The summed E-state index contributed by atoms with van der Waals surface area (Å²) in [5, 5.41) is 13.1. The highest BCUT2D eigenvalue weighted by Crippen LogP contribution is 2.30. The minimum atomic E-state index is -0.473. The summed E-state index contributed by atoms with van der Waals surface area (Å²) < 4.78 is 1.76. The average molecular weight is 322 g/mol. The van der Waals surface area contributed by atoms with Crippen molar-refractivity contribution in [2.75, 3.05) is 13.1 Å². The van der Waals surface area contributed by atoms with E-state index in [4.69, 9.17) is 0 Å². The molecular weight excluding hydrogens is 312 g/mol. The van der Waals surface area contributed by atoms with E-state index in [1.54, 1.807) is 6.20 Å². The predicted octanol–water partition coefficient (Wildman–Crippen LogP) is 1.86. The van der Waals surface area contributed by atoms with Crippen LogP contribution in [0.2, 0.25) is 0 Å². The van der Waals surface area contributed by atoms with E-state index in [2.05, 4.69) is 42.2 Å². The average Bonchev–Trinajstić information content (AvgIpc) is 2.00. The molecule has 0 radical (unpaired) electrons. The van der Waals surface area contributed by atoms with Gasteiger partial charge in [-0.1, -0.05) is 0 Å². The number of aliphatic hydroxyl groups is 1.